The first-order valence-corrected chi connectivity index (χ1v) is 5.80. The summed E-state index contributed by atoms with van der Waals surface area (Å²) in [7, 11) is 0. The zero-order chi connectivity index (χ0) is 11.4. The molecule has 0 amide bonds. The minimum atomic E-state index is -0.877. The Balaban J connectivity index is 2.69. The Bertz CT molecular complexity index is 328. The smallest absolute Gasteiger partial charge is 0.131 e. The molecule has 0 aromatic heterocycles. The van der Waals surface area contributed by atoms with Crippen molar-refractivity contribution in [3.05, 3.63) is 35.4 Å². The largest absolute Gasteiger partial charge is 0.387 e. The number of halogens is 2. The number of benzene rings is 1. The van der Waals surface area contributed by atoms with E-state index in [1.807, 2.05) is 13.8 Å². The quantitative estimate of drug-likeness (QED) is 0.860. The normalized spacial score (nSPS) is 13.2. The Hall–Kier alpha value is -0.610. The lowest BCUT2D eigenvalue weighted by molar-refractivity contribution is 0.198. The zero-order valence-corrected chi connectivity index (χ0v) is 9.52. The molecule has 0 fully saturated rings. The summed E-state index contributed by atoms with van der Waals surface area (Å²) in [6.45, 7) is 4.00. The van der Waals surface area contributed by atoms with Crippen LogP contribution >= 0.6 is 11.8 Å². The van der Waals surface area contributed by atoms with Gasteiger partial charge in [-0.05, 0) is 11.3 Å². The molecule has 15 heavy (non-hydrogen) atoms. The first-order valence-electron chi connectivity index (χ1n) is 4.75. The van der Waals surface area contributed by atoms with E-state index < -0.39 is 17.7 Å². The van der Waals surface area contributed by atoms with Crippen LogP contribution < -0.4 is 0 Å². The molecule has 4 heteroatoms. The number of hydrogen-bond donors (Lipinski definition) is 1. The topological polar surface area (TPSA) is 20.2 Å². The first kappa shape index (κ1) is 12.5. The van der Waals surface area contributed by atoms with Crippen LogP contribution in [0, 0.1) is 11.6 Å². The van der Waals surface area contributed by atoms with Gasteiger partial charge in [-0.3, -0.25) is 0 Å². The molecule has 0 bridgehead atoms. The minimum Gasteiger partial charge on any atom is -0.387 e. The van der Waals surface area contributed by atoms with E-state index in [0.717, 1.165) is 12.1 Å². The van der Waals surface area contributed by atoms with Crippen LogP contribution in [0.2, 0.25) is 0 Å². The minimum absolute atomic E-state index is 0.157. The Labute approximate surface area is 92.5 Å². The van der Waals surface area contributed by atoms with E-state index in [2.05, 4.69) is 0 Å². The molecule has 0 spiro atoms. The van der Waals surface area contributed by atoms with Gasteiger partial charge in [0.25, 0.3) is 0 Å². The predicted molar refractivity (Wildman–Crippen MR) is 58.9 cm³/mol. The third-order valence-electron chi connectivity index (χ3n) is 1.91. The summed E-state index contributed by atoms with van der Waals surface area (Å²) in [5.41, 5.74) is 0.157. The monoisotopic (exact) mass is 232 g/mol. The van der Waals surface area contributed by atoms with E-state index in [-0.39, 0.29) is 5.56 Å². The Morgan fingerprint density at radius 3 is 2.53 bits per heavy atom. The summed E-state index contributed by atoms with van der Waals surface area (Å²) >= 11 is 1.54. The molecule has 1 atom stereocenters. The van der Waals surface area contributed by atoms with Crippen LogP contribution in [0.15, 0.2) is 18.2 Å². The van der Waals surface area contributed by atoms with Gasteiger partial charge in [0.15, 0.2) is 0 Å². The molecule has 0 aliphatic heterocycles. The van der Waals surface area contributed by atoms with Gasteiger partial charge in [0.2, 0.25) is 0 Å². The molecule has 1 aromatic carbocycles. The van der Waals surface area contributed by atoms with Gasteiger partial charge in [-0.25, -0.2) is 8.78 Å². The zero-order valence-electron chi connectivity index (χ0n) is 8.71. The maximum Gasteiger partial charge on any atom is 0.131 e. The van der Waals surface area contributed by atoms with Gasteiger partial charge in [-0.1, -0.05) is 19.9 Å². The van der Waals surface area contributed by atoms with Crippen molar-refractivity contribution in [2.75, 3.05) is 5.75 Å². The lowest BCUT2D eigenvalue weighted by Gasteiger charge is -2.13. The van der Waals surface area contributed by atoms with Crippen molar-refractivity contribution in [1.29, 1.82) is 0 Å². The third-order valence-corrected chi connectivity index (χ3v) is 3.08. The molecular weight excluding hydrogens is 218 g/mol. The van der Waals surface area contributed by atoms with Gasteiger partial charge in [0, 0.05) is 17.4 Å². The molecule has 1 unspecified atom stereocenters. The van der Waals surface area contributed by atoms with Crippen molar-refractivity contribution in [1.82, 2.24) is 0 Å². The fourth-order valence-corrected chi connectivity index (χ4v) is 1.89. The van der Waals surface area contributed by atoms with Gasteiger partial charge in [-0.15, -0.1) is 0 Å². The molecular formula is C11H14F2OS. The molecule has 84 valence electrons. The second-order valence-corrected chi connectivity index (χ2v) is 5.17. The lowest BCUT2D eigenvalue weighted by Crippen LogP contribution is -2.05. The SMILES string of the molecule is CC(C)SCC(O)c1ccc(F)cc1F. The lowest BCUT2D eigenvalue weighted by atomic mass is 10.1. The second kappa shape index (κ2) is 5.47. The molecule has 0 radical (unpaired) electrons. The highest BCUT2D eigenvalue weighted by Crippen LogP contribution is 2.23. The highest BCUT2D eigenvalue weighted by Gasteiger charge is 2.13. The average Bonchev–Trinajstić information content (AvgIpc) is 2.14. The molecule has 0 saturated heterocycles. The molecule has 0 aliphatic carbocycles. The van der Waals surface area contributed by atoms with Crippen LogP contribution in [0.5, 0.6) is 0 Å². The Morgan fingerprint density at radius 1 is 1.33 bits per heavy atom. The van der Waals surface area contributed by atoms with Crippen molar-refractivity contribution in [3.8, 4) is 0 Å². The number of aliphatic hydroxyl groups excluding tert-OH is 1. The van der Waals surface area contributed by atoms with Crippen molar-refractivity contribution in [2.24, 2.45) is 0 Å². The molecule has 1 nitrogen and oxygen atoms in total. The maximum absolute atomic E-state index is 13.2. The Morgan fingerprint density at radius 2 is 2.00 bits per heavy atom. The van der Waals surface area contributed by atoms with E-state index in [4.69, 9.17) is 0 Å². The van der Waals surface area contributed by atoms with E-state index in [1.165, 1.54) is 17.8 Å². The molecule has 0 saturated carbocycles. The van der Waals surface area contributed by atoms with Gasteiger partial charge in [0.05, 0.1) is 6.10 Å². The van der Waals surface area contributed by atoms with E-state index in [1.54, 1.807) is 0 Å². The first-order chi connectivity index (χ1) is 7.00. The van der Waals surface area contributed by atoms with Crippen molar-refractivity contribution in [2.45, 2.75) is 25.2 Å². The molecule has 1 rings (SSSR count). The number of thioether (sulfide) groups is 1. The molecule has 1 aromatic rings. The van der Waals surface area contributed by atoms with Crippen LogP contribution in [0.1, 0.15) is 25.5 Å². The predicted octanol–water partition coefficient (Wildman–Crippen LogP) is 3.14. The van der Waals surface area contributed by atoms with Crippen LogP contribution in [-0.2, 0) is 0 Å². The molecule has 0 heterocycles. The highest BCUT2D eigenvalue weighted by atomic mass is 32.2. The van der Waals surface area contributed by atoms with Crippen LogP contribution in [-0.4, -0.2) is 16.1 Å². The summed E-state index contributed by atoms with van der Waals surface area (Å²) in [5, 5.41) is 10.0. The molecule has 0 aliphatic rings. The summed E-state index contributed by atoms with van der Waals surface area (Å²) in [6.07, 6.45) is -0.877. The second-order valence-electron chi connectivity index (χ2n) is 3.56. The summed E-state index contributed by atoms with van der Waals surface area (Å²) in [4.78, 5) is 0. The summed E-state index contributed by atoms with van der Waals surface area (Å²) in [5.74, 6) is -0.896. The number of aliphatic hydroxyl groups is 1. The summed E-state index contributed by atoms with van der Waals surface area (Å²) < 4.78 is 25.8. The van der Waals surface area contributed by atoms with Crippen LogP contribution in [0.25, 0.3) is 0 Å². The van der Waals surface area contributed by atoms with Crippen molar-refractivity contribution >= 4 is 11.8 Å². The summed E-state index contributed by atoms with van der Waals surface area (Å²) in [6, 6.07) is 3.23. The van der Waals surface area contributed by atoms with Gasteiger partial charge >= 0.3 is 0 Å². The van der Waals surface area contributed by atoms with E-state index in [0.29, 0.717) is 11.0 Å². The third kappa shape index (κ3) is 3.80. The van der Waals surface area contributed by atoms with Crippen LogP contribution in [0.3, 0.4) is 0 Å². The maximum atomic E-state index is 13.2. The average molecular weight is 232 g/mol. The van der Waals surface area contributed by atoms with Crippen molar-refractivity contribution in [3.63, 3.8) is 0 Å². The highest BCUT2D eigenvalue weighted by molar-refractivity contribution is 7.99. The van der Waals surface area contributed by atoms with Gasteiger partial charge in [0.1, 0.15) is 11.6 Å². The van der Waals surface area contributed by atoms with Crippen LogP contribution in [0.4, 0.5) is 8.78 Å². The standard InChI is InChI=1S/C11H14F2OS/c1-7(2)15-6-11(14)9-4-3-8(12)5-10(9)13/h3-5,7,11,14H,6H2,1-2H3. The fraction of sp³-hybridized carbons (Fsp3) is 0.455. The number of rotatable bonds is 4. The fourth-order valence-electron chi connectivity index (χ4n) is 1.15. The van der Waals surface area contributed by atoms with Gasteiger partial charge in [-0.2, -0.15) is 11.8 Å². The van der Waals surface area contributed by atoms with Gasteiger partial charge < -0.3 is 5.11 Å². The molecule has 1 N–H and O–H groups in total. The Kier molecular flexibility index (Phi) is 4.54. The number of hydrogen-bond acceptors (Lipinski definition) is 2. The van der Waals surface area contributed by atoms with Crippen molar-refractivity contribution < 1.29 is 13.9 Å². The van der Waals surface area contributed by atoms with E-state index >= 15 is 0 Å². The van der Waals surface area contributed by atoms with E-state index in [9.17, 15) is 13.9 Å².